The van der Waals surface area contributed by atoms with E-state index in [4.69, 9.17) is 11.6 Å². The van der Waals surface area contributed by atoms with Crippen molar-refractivity contribution in [3.05, 3.63) is 55.1 Å². The molecule has 3 rings (SSSR count). The minimum atomic E-state index is 0.345. The number of hydrogen-bond donors (Lipinski definition) is 1. The minimum absolute atomic E-state index is 0.345. The Kier molecular flexibility index (Phi) is 3.99. The van der Waals surface area contributed by atoms with Gasteiger partial charge >= 0.3 is 0 Å². The number of nitrogens with one attached hydrogen (secondary N) is 1. The summed E-state index contributed by atoms with van der Waals surface area (Å²) >= 11 is 11.2. The van der Waals surface area contributed by atoms with Gasteiger partial charge in [0.25, 0.3) is 0 Å². The molecule has 1 aromatic carbocycles. The third-order valence-electron chi connectivity index (χ3n) is 3.65. The Hall–Kier alpha value is -0.350. The van der Waals surface area contributed by atoms with Crippen molar-refractivity contribution >= 4 is 38.9 Å². The molecule has 0 bridgehead atoms. The summed E-state index contributed by atoms with van der Waals surface area (Å²) in [6.45, 7) is 2.21. The van der Waals surface area contributed by atoms with Crippen LogP contribution < -0.4 is 5.32 Å². The van der Waals surface area contributed by atoms with Crippen molar-refractivity contribution in [3.63, 3.8) is 0 Å². The molecular weight excluding hydrogens is 342 g/mol. The van der Waals surface area contributed by atoms with E-state index in [0.717, 1.165) is 10.8 Å². The van der Waals surface area contributed by atoms with Crippen molar-refractivity contribution in [2.24, 2.45) is 0 Å². The molecule has 19 heavy (non-hydrogen) atoms. The van der Waals surface area contributed by atoms with Crippen LogP contribution in [0.3, 0.4) is 0 Å². The van der Waals surface area contributed by atoms with E-state index in [1.165, 1.54) is 26.9 Å². The van der Waals surface area contributed by atoms with Crippen molar-refractivity contribution in [2.45, 2.75) is 31.8 Å². The van der Waals surface area contributed by atoms with Crippen molar-refractivity contribution in [1.82, 2.24) is 5.32 Å². The number of hydrogen-bond acceptors (Lipinski definition) is 2. The molecule has 0 fully saturated rings. The predicted octanol–water partition coefficient (Wildman–Crippen LogP) is 5.50. The summed E-state index contributed by atoms with van der Waals surface area (Å²) in [5.41, 5.74) is 2.90. The first-order valence-corrected chi connectivity index (χ1v) is 8.42. The number of fused-ring (bicyclic) bond motifs is 1. The Balaban J connectivity index is 1.76. The standard InChI is InChI=1S/C15H15BrClNS/c1-9(14-6-7-15(17)19-14)18-13-5-2-10-8-11(16)3-4-12(10)13/h3-4,6-9,13,18H,2,5H2,1H3. The monoisotopic (exact) mass is 355 g/mol. The second kappa shape index (κ2) is 5.57. The van der Waals surface area contributed by atoms with Crippen molar-refractivity contribution in [1.29, 1.82) is 0 Å². The predicted molar refractivity (Wildman–Crippen MR) is 86.1 cm³/mol. The Morgan fingerprint density at radius 1 is 1.37 bits per heavy atom. The number of benzene rings is 1. The third-order valence-corrected chi connectivity index (χ3v) is 5.56. The van der Waals surface area contributed by atoms with Crippen LogP contribution >= 0.6 is 38.9 Å². The average molecular weight is 357 g/mol. The quantitative estimate of drug-likeness (QED) is 0.765. The minimum Gasteiger partial charge on any atom is -0.303 e. The Morgan fingerprint density at radius 2 is 2.21 bits per heavy atom. The molecule has 1 nitrogen and oxygen atoms in total. The molecular formula is C15H15BrClNS. The molecule has 1 heterocycles. The van der Waals surface area contributed by atoms with Gasteiger partial charge in [0.15, 0.2) is 0 Å². The van der Waals surface area contributed by atoms with E-state index in [2.05, 4.69) is 52.4 Å². The highest BCUT2D eigenvalue weighted by molar-refractivity contribution is 9.10. The van der Waals surface area contributed by atoms with Gasteiger partial charge in [-0.25, -0.2) is 0 Å². The molecule has 1 aromatic heterocycles. The van der Waals surface area contributed by atoms with Gasteiger partial charge in [0.05, 0.1) is 4.34 Å². The molecule has 1 N–H and O–H groups in total. The van der Waals surface area contributed by atoms with E-state index in [0.29, 0.717) is 12.1 Å². The number of halogens is 2. The molecule has 0 spiro atoms. The highest BCUT2D eigenvalue weighted by atomic mass is 79.9. The van der Waals surface area contributed by atoms with Crippen LogP contribution in [0.25, 0.3) is 0 Å². The number of aryl methyl sites for hydroxylation is 1. The zero-order valence-corrected chi connectivity index (χ0v) is 13.8. The fourth-order valence-corrected chi connectivity index (χ4v) is 4.19. The highest BCUT2D eigenvalue weighted by Crippen LogP contribution is 2.35. The van der Waals surface area contributed by atoms with E-state index in [-0.39, 0.29) is 0 Å². The summed E-state index contributed by atoms with van der Waals surface area (Å²) in [6.07, 6.45) is 2.33. The highest BCUT2D eigenvalue weighted by Gasteiger charge is 2.24. The molecule has 0 radical (unpaired) electrons. The van der Waals surface area contributed by atoms with E-state index in [9.17, 15) is 0 Å². The summed E-state index contributed by atoms with van der Waals surface area (Å²) in [5.74, 6) is 0. The molecule has 0 aliphatic heterocycles. The van der Waals surface area contributed by atoms with Gasteiger partial charge in [-0.05, 0) is 55.2 Å². The molecule has 4 heteroatoms. The fraction of sp³-hybridized carbons (Fsp3) is 0.333. The van der Waals surface area contributed by atoms with Crippen molar-refractivity contribution in [3.8, 4) is 0 Å². The molecule has 0 saturated heterocycles. The van der Waals surface area contributed by atoms with Crippen LogP contribution in [0.15, 0.2) is 34.8 Å². The second-order valence-electron chi connectivity index (χ2n) is 4.96. The van der Waals surface area contributed by atoms with Gasteiger partial charge < -0.3 is 5.32 Å². The van der Waals surface area contributed by atoms with Gasteiger partial charge in [-0.15, -0.1) is 11.3 Å². The van der Waals surface area contributed by atoms with Gasteiger partial charge in [-0.3, -0.25) is 0 Å². The summed E-state index contributed by atoms with van der Waals surface area (Å²) in [5, 5.41) is 3.72. The summed E-state index contributed by atoms with van der Waals surface area (Å²) in [6, 6.07) is 11.5. The van der Waals surface area contributed by atoms with Gasteiger partial charge in [0.2, 0.25) is 0 Å². The smallest absolute Gasteiger partial charge is 0.0931 e. The average Bonchev–Trinajstić information content (AvgIpc) is 2.96. The summed E-state index contributed by atoms with van der Waals surface area (Å²) in [4.78, 5) is 1.30. The van der Waals surface area contributed by atoms with Crippen LogP contribution in [0.5, 0.6) is 0 Å². The molecule has 0 saturated carbocycles. The number of rotatable bonds is 3. The first-order valence-electron chi connectivity index (χ1n) is 6.43. The maximum absolute atomic E-state index is 6.01. The van der Waals surface area contributed by atoms with Crippen molar-refractivity contribution in [2.75, 3.05) is 0 Å². The zero-order chi connectivity index (χ0) is 13.4. The lowest BCUT2D eigenvalue weighted by Gasteiger charge is -2.19. The van der Waals surface area contributed by atoms with Gasteiger partial charge in [0, 0.05) is 21.4 Å². The molecule has 2 unspecified atom stereocenters. The van der Waals surface area contributed by atoms with Crippen LogP contribution in [-0.2, 0) is 6.42 Å². The van der Waals surface area contributed by atoms with E-state index in [1.807, 2.05) is 6.07 Å². The lowest BCUT2D eigenvalue weighted by molar-refractivity contribution is 0.469. The zero-order valence-electron chi connectivity index (χ0n) is 10.6. The van der Waals surface area contributed by atoms with Crippen LogP contribution in [0.2, 0.25) is 4.34 Å². The Bertz CT molecular complexity index is 596. The van der Waals surface area contributed by atoms with Gasteiger partial charge in [-0.2, -0.15) is 0 Å². The molecule has 1 aliphatic carbocycles. The Morgan fingerprint density at radius 3 is 2.95 bits per heavy atom. The maximum atomic E-state index is 6.01. The lowest BCUT2D eigenvalue weighted by Crippen LogP contribution is -2.22. The summed E-state index contributed by atoms with van der Waals surface area (Å²) < 4.78 is 2.03. The van der Waals surface area contributed by atoms with E-state index >= 15 is 0 Å². The van der Waals surface area contributed by atoms with Gasteiger partial charge in [-0.1, -0.05) is 33.6 Å². The van der Waals surface area contributed by atoms with Crippen LogP contribution in [-0.4, -0.2) is 0 Å². The molecule has 100 valence electrons. The van der Waals surface area contributed by atoms with Gasteiger partial charge in [0.1, 0.15) is 0 Å². The van der Waals surface area contributed by atoms with E-state index < -0.39 is 0 Å². The SMILES string of the molecule is CC(NC1CCc2cc(Br)ccc21)c1ccc(Cl)s1. The molecule has 2 aromatic rings. The maximum Gasteiger partial charge on any atom is 0.0931 e. The van der Waals surface area contributed by atoms with Crippen LogP contribution in [0.1, 0.15) is 41.4 Å². The topological polar surface area (TPSA) is 12.0 Å². The number of thiophene rings is 1. The second-order valence-corrected chi connectivity index (χ2v) is 7.63. The first kappa shape index (κ1) is 13.6. The Labute approximate surface area is 131 Å². The largest absolute Gasteiger partial charge is 0.303 e. The first-order chi connectivity index (χ1) is 9.13. The third kappa shape index (κ3) is 2.89. The van der Waals surface area contributed by atoms with E-state index in [1.54, 1.807) is 11.3 Å². The lowest BCUT2D eigenvalue weighted by atomic mass is 10.1. The van der Waals surface area contributed by atoms with Crippen LogP contribution in [0.4, 0.5) is 0 Å². The molecule has 1 aliphatic rings. The summed E-state index contributed by atoms with van der Waals surface area (Å²) in [7, 11) is 0. The molecule has 0 amide bonds. The normalized spacial score (nSPS) is 19.4. The van der Waals surface area contributed by atoms with Crippen LogP contribution in [0, 0.1) is 0 Å². The molecule has 2 atom stereocenters. The van der Waals surface area contributed by atoms with Crippen molar-refractivity contribution < 1.29 is 0 Å². The fourth-order valence-electron chi connectivity index (χ4n) is 2.70.